The van der Waals surface area contributed by atoms with Crippen LogP contribution >= 0.6 is 11.6 Å². The molecule has 1 heterocycles. The monoisotopic (exact) mass is 161 g/mol. The Morgan fingerprint density at radius 2 is 2.50 bits per heavy atom. The number of nitrogens with zero attached hydrogens (tertiary/aromatic N) is 1. The third-order valence-electron chi connectivity index (χ3n) is 1.49. The average molecular weight is 162 g/mol. The number of hydrogen-bond acceptors (Lipinski definition) is 3. The van der Waals surface area contributed by atoms with Crippen LogP contribution in [-0.2, 0) is 0 Å². The summed E-state index contributed by atoms with van der Waals surface area (Å²) in [6.45, 7) is 1.01. The third-order valence-corrected chi connectivity index (χ3v) is 1.90. The van der Waals surface area contributed by atoms with E-state index in [4.69, 9.17) is 16.9 Å². The zero-order valence-electron chi connectivity index (χ0n) is 5.30. The topological polar surface area (TPSA) is 63.3 Å². The Morgan fingerprint density at radius 3 is 2.90 bits per heavy atom. The van der Waals surface area contributed by atoms with E-state index in [1.807, 2.05) is 6.07 Å². The van der Waals surface area contributed by atoms with Gasteiger partial charge in [-0.3, -0.25) is 5.32 Å². The van der Waals surface area contributed by atoms with Gasteiger partial charge in [0.1, 0.15) is 11.6 Å². The number of piperazine rings is 1. The Balaban J connectivity index is 2.56. The molecule has 3 atom stereocenters. The van der Waals surface area contributed by atoms with Crippen LogP contribution in [0.1, 0.15) is 0 Å². The first-order chi connectivity index (χ1) is 4.75. The van der Waals surface area contributed by atoms with E-state index in [2.05, 4.69) is 5.32 Å². The predicted octanol–water partition coefficient (Wildman–Crippen LogP) is -1.57. The van der Waals surface area contributed by atoms with Crippen LogP contribution in [0, 0.1) is 16.5 Å². The molecule has 0 bridgehead atoms. The van der Waals surface area contributed by atoms with Crippen LogP contribution in [-0.4, -0.2) is 24.6 Å². The molecule has 0 saturated carbocycles. The first-order valence-electron chi connectivity index (χ1n) is 3.05. The van der Waals surface area contributed by atoms with E-state index in [9.17, 15) is 5.21 Å². The summed E-state index contributed by atoms with van der Waals surface area (Å²) >= 11 is 5.62. The molecule has 0 aliphatic carbocycles. The summed E-state index contributed by atoms with van der Waals surface area (Å²) in [5, 5.41) is 22.1. The normalized spacial score (nSPS) is 40.7. The van der Waals surface area contributed by atoms with Gasteiger partial charge in [-0.05, 0) is 0 Å². The molecular weight excluding hydrogens is 154 g/mol. The molecule has 5 heteroatoms. The van der Waals surface area contributed by atoms with E-state index in [0.29, 0.717) is 13.1 Å². The molecule has 1 saturated heterocycles. The minimum atomic E-state index is -0.657. The number of rotatable bonds is 0. The molecule has 0 radical (unpaired) electrons. The maximum atomic E-state index is 10.9. The molecule has 2 N–H and O–H groups in total. The second-order valence-electron chi connectivity index (χ2n) is 2.18. The second-order valence-corrected chi connectivity index (χ2v) is 2.65. The summed E-state index contributed by atoms with van der Waals surface area (Å²) < 4.78 is 0. The summed E-state index contributed by atoms with van der Waals surface area (Å²) in [6, 6.07) is 1.20. The van der Waals surface area contributed by atoms with Crippen LogP contribution in [0.15, 0.2) is 0 Å². The Bertz CT molecular complexity index is 147. The van der Waals surface area contributed by atoms with Crippen molar-refractivity contribution in [3.05, 3.63) is 5.21 Å². The fourth-order valence-corrected chi connectivity index (χ4v) is 1.21. The second kappa shape index (κ2) is 3.17. The molecule has 3 unspecified atom stereocenters. The summed E-state index contributed by atoms with van der Waals surface area (Å²) in [4.78, 5) is 0. The van der Waals surface area contributed by atoms with Gasteiger partial charge < -0.3 is 10.3 Å². The Kier molecular flexibility index (Phi) is 2.46. The van der Waals surface area contributed by atoms with Gasteiger partial charge in [0, 0.05) is 6.54 Å². The van der Waals surface area contributed by atoms with Crippen molar-refractivity contribution in [3.63, 3.8) is 0 Å². The van der Waals surface area contributed by atoms with Crippen LogP contribution in [0.2, 0.25) is 0 Å². The summed E-state index contributed by atoms with van der Waals surface area (Å²) in [7, 11) is 0. The van der Waals surface area contributed by atoms with Gasteiger partial charge in [-0.15, -0.1) is 0 Å². The number of alkyl halides is 1. The van der Waals surface area contributed by atoms with Gasteiger partial charge >= 0.3 is 0 Å². The zero-order chi connectivity index (χ0) is 7.56. The smallest absolute Gasteiger partial charge is 0.204 e. The van der Waals surface area contributed by atoms with E-state index < -0.39 is 11.5 Å². The van der Waals surface area contributed by atoms with Gasteiger partial charge in [0.25, 0.3) is 0 Å². The van der Waals surface area contributed by atoms with Gasteiger partial charge in [0.15, 0.2) is 0 Å². The highest BCUT2D eigenvalue weighted by atomic mass is 35.5. The van der Waals surface area contributed by atoms with Crippen molar-refractivity contribution in [2.45, 2.75) is 11.5 Å². The summed E-state index contributed by atoms with van der Waals surface area (Å²) in [5.41, 5.74) is -0.494. The minimum Gasteiger partial charge on any atom is -0.633 e. The van der Waals surface area contributed by atoms with E-state index in [-0.39, 0.29) is 5.06 Å². The first-order valence-corrected chi connectivity index (χ1v) is 3.49. The molecule has 1 aliphatic heterocycles. The largest absolute Gasteiger partial charge is 0.633 e. The highest BCUT2D eigenvalue weighted by Gasteiger charge is 2.28. The summed E-state index contributed by atoms with van der Waals surface area (Å²) in [5.74, 6) is 0. The molecule has 4 nitrogen and oxygen atoms in total. The molecule has 0 aromatic carbocycles. The van der Waals surface area contributed by atoms with Crippen molar-refractivity contribution in [1.29, 1.82) is 5.26 Å². The number of halogens is 1. The van der Waals surface area contributed by atoms with Crippen molar-refractivity contribution in [2.75, 3.05) is 13.1 Å². The van der Waals surface area contributed by atoms with Crippen molar-refractivity contribution in [1.82, 2.24) is 5.32 Å². The molecule has 1 aliphatic rings. The Labute approximate surface area is 63.9 Å². The number of hydroxylamine groups is 2. The van der Waals surface area contributed by atoms with Crippen molar-refractivity contribution in [2.24, 2.45) is 0 Å². The van der Waals surface area contributed by atoms with Crippen LogP contribution in [0.4, 0.5) is 0 Å². The Hall–Kier alpha value is -0.340. The third kappa shape index (κ3) is 1.39. The highest BCUT2D eigenvalue weighted by molar-refractivity contribution is 6.20. The van der Waals surface area contributed by atoms with Gasteiger partial charge in [0.2, 0.25) is 6.04 Å². The van der Waals surface area contributed by atoms with Gasteiger partial charge in [-0.25, -0.2) is 0 Å². The van der Waals surface area contributed by atoms with E-state index >= 15 is 0 Å². The van der Waals surface area contributed by atoms with Crippen molar-refractivity contribution in [3.8, 4) is 6.07 Å². The molecule has 0 aromatic rings. The quantitative estimate of drug-likeness (QED) is 0.256. The maximum Gasteiger partial charge on any atom is 0.204 e. The van der Waals surface area contributed by atoms with E-state index in [1.54, 1.807) is 0 Å². The van der Waals surface area contributed by atoms with Gasteiger partial charge in [0.05, 0.1) is 6.54 Å². The highest BCUT2D eigenvalue weighted by Crippen LogP contribution is 1.96. The molecule has 0 aromatic heterocycles. The molecule has 1 rings (SSSR count). The Morgan fingerprint density at radius 1 is 1.80 bits per heavy atom. The average Bonchev–Trinajstić information content (AvgIpc) is 1.88. The maximum absolute atomic E-state index is 10.9. The van der Waals surface area contributed by atoms with Crippen molar-refractivity contribution >= 4 is 11.6 Å². The molecule has 1 fully saturated rings. The SMILES string of the molecule is N#CC1C(Cl)NCC[NH+]1[O-]. The van der Waals surface area contributed by atoms with Gasteiger partial charge in [-0.2, -0.15) is 5.26 Å². The standard InChI is InChI=1S/C5H8ClN3O/c6-5-4(3-7)9(10)2-1-8-5/h4-5,8-9H,1-2H2. The lowest BCUT2D eigenvalue weighted by atomic mass is 10.2. The lowest BCUT2D eigenvalue weighted by Crippen LogP contribution is -3.15. The molecule has 0 amide bonds. The summed E-state index contributed by atoms with van der Waals surface area (Å²) in [6.07, 6.45) is 0. The van der Waals surface area contributed by atoms with Crippen LogP contribution in [0.25, 0.3) is 0 Å². The minimum absolute atomic E-state index is 0.0544. The van der Waals surface area contributed by atoms with Crippen molar-refractivity contribution < 1.29 is 5.06 Å². The van der Waals surface area contributed by atoms with Gasteiger partial charge in [-0.1, -0.05) is 11.6 Å². The number of nitrogens with one attached hydrogen (secondary N) is 2. The van der Waals surface area contributed by atoms with E-state index in [1.165, 1.54) is 0 Å². The molecular formula is C5H8ClN3O. The lowest BCUT2D eigenvalue weighted by molar-refractivity contribution is -0.870. The molecule has 0 spiro atoms. The first kappa shape index (κ1) is 7.76. The van der Waals surface area contributed by atoms with Crippen LogP contribution in [0.5, 0.6) is 0 Å². The van der Waals surface area contributed by atoms with Crippen LogP contribution in [0.3, 0.4) is 0 Å². The predicted molar refractivity (Wildman–Crippen MR) is 36.2 cm³/mol. The zero-order valence-corrected chi connectivity index (χ0v) is 6.06. The number of hydrogen-bond donors (Lipinski definition) is 2. The number of quaternary nitrogens is 1. The van der Waals surface area contributed by atoms with Crippen LogP contribution < -0.4 is 10.4 Å². The number of nitriles is 1. The molecule has 56 valence electrons. The molecule has 10 heavy (non-hydrogen) atoms. The van der Waals surface area contributed by atoms with E-state index in [0.717, 1.165) is 0 Å². The fourth-order valence-electron chi connectivity index (χ4n) is 0.907. The fraction of sp³-hybridized carbons (Fsp3) is 0.800. The lowest BCUT2D eigenvalue weighted by Gasteiger charge is -2.34.